The summed E-state index contributed by atoms with van der Waals surface area (Å²) in [4.78, 5) is 21.2. The monoisotopic (exact) mass is 222 g/mol. The van der Waals surface area contributed by atoms with Crippen molar-refractivity contribution < 1.29 is 19.4 Å². The summed E-state index contributed by atoms with van der Waals surface area (Å²) in [6.07, 6.45) is 0. The molecule has 16 heavy (non-hydrogen) atoms. The Balaban J connectivity index is 2.34. The number of ether oxygens (including phenoxy) is 1. The molecule has 0 fully saturated rings. The zero-order valence-electron chi connectivity index (χ0n) is 8.86. The zero-order chi connectivity index (χ0) is 12.0. The van der Waals surface area contributed by atoms with Crippen LogP contribution in [0, 0.1) is 6.92 Å². The second kappa shape index (κ2) is 5.87. The smallest absolute Gasteiger partial charge is 0.250 e. The summed E-state index contributed by atoms with van der Waals surface area (Å²) in [6.45, 7) is 1.05. The quantitative estimate of drug-likeness (QED) is 0.741. The zero-order valence-corrected chi connectivity index (χ0v) is 8.86. The van der Waals surface area contributed by atoms with E-state index in [1.54, 1.807) is 12.1 Å². The summed E-state index contributed by atoms with van der Waals surface area (Å²) in [5.74, 6) is -1.74. The van der Waals surface area contributed by atoms with Crippen LogP contribution in [0.3, 0.4) is 0 Å². The van der Waals surface area contributed by atoms with Gasteiger partial charge in [-0.15, -0.1) is 0 Å². The van der Waals surface area contributed by atoms with Gasteiger partial charge in [0.25, 0.3) is 0 Å². The second-order valence-electron chi connectivity index (χ2n) is 3.28. The standard InChI is InChI=1S/C11H13NO4/c1-8-2-4-9(5-3-8)12-10(13)6-16-7-11(14)15/h2-5H,6-7H2,1H3,(H,12,13)(H,14,15)/p-1. The minimum Gasteiger partial charge on any atom is -0.548 e. The number of anilines is 1. The number of hydrogen-bond acceptors (Lipinski definition) is 4. The van der Waals surface area contributed by atoms with Gasteiger partial charge in [-0.2, -0.15) is 0 Å². The molecule has 0 bridgehead atoms. The van der Waals surface area contributed by atoms with Gasteiger partial charge in [0.05, 0.1) is 12.6 Å². The molecule has 0 heterocycles. The van der Waals surface area contributed by atoms with Gasteiger partial charge >= 0.3 is 0 Å². The van der Waals surface area contributed by atoms with Gasteiger partial charge in [-0.05, 0) is 19.1 Å². The minimum atomic E-state index is -1.34. The summed E-state index contributed by atoms with van der Waals surface area (Å²) in [5, 5.41) is 12.6. The molecule has 0 atom stereocenters. The van der Waals surface area contributed by atoms with Crippen molar-refractivity contribution >= 4 is 17.6 Å². The molecule has 5 heteroatoms. The van der Waals surface area contributed by atoms with Gasteiger partial charge in [0.2, 0.25) is 5.91 Å². The molecule has 86 valence electrons. The van der Waals surface area contributed by atoms with E-state index in [1.165, 1.54) is 0 Å². The molecule has 0 spiro atoms. The fraction of sp³-hybridized carbons (Fsp3) is 0.273. The Kier molecular flexibility index (Phi) is 4.47. The van der Waals surface area contributed by atoms with E-state index in [0.29, 0.717) is 5.69 Å². The Morgan fingerprint density at radius 3 is 2.44 bits per heavy atom. The largest absolute Gasteiger partial charge is 0.548 e. The normalized spacial score (nSPS) is 9.81. The Morgan fingerprint density at radius 1 is 1.25 bits per heavy atom. The average molecular weight is 222 g/mol. The van der Waals surface area contributed by atoms with Crippen molar-refractivity contribution in [1.82, 2.24) is 0 Å². The lowest BCUT2D eigenvalue weighted by molar-refractivity contribution is -0.309. The third-order valence-corrected chi connectivity index (χ3v) is 1.79. The number of carbonyl (C=O) groups excluding carboxylic acids is 2. The van der Waals surface area contributed by atoms with Gasteiger partial charge in [-0.3, -0.25) is 4.79 Å². The van der Waals surface area contributed by atoms with E-state index in [9.17, 15) is 14.7 Å². The highest BCUT2D eigenvalue weighted by molar-refractivity contribution is 5.91. The maximum absolute atomic E-state index is 11.2. The van der Waals surface area contributed by atoms with E-state index in [4.69, 9.17) is 0 Å². The fourth-order valence-electron chi connectivity index (χ4n) is 1.06. The van der Waals surface area contributed by atoms with E-state index < -0.39 is 18.5 Å². The molecule has 0 aliphatic carbocycles. The van der Waals surface area contributed by atoms with Gasteiger partial charge in [0, 0.05) is 5.69 Å². The first-order chi connectivity index (χ1) is 7.58. The molecule has 1 N–H and O–H groups in total. The summed E-state index contributed by atoms with van der Waals surface area (Å²) >= 11 is 0. The second-order valence-corrected chi connectivity index (χ2v) is 3.28. The number of benzene rings is 1. The lowest BCUT2D eigenvalue weighted by Crippen LogP contribution is -2.29. The van der Waals surface area contributed by atoms with Crippen LogP contribution in [0.25, 0.3) is 0 Å². The maximum Gasteiger partial charge on any atom is 0.250 e. The molecular formula is C11H12NO4-. The first-order valence-corrected chi connectivity index (χ1v) is 4.72. The predicted octanol–water partition coefficient (Wildman–Crippen LogP) is -0.300. The molecule has 1 amide bonds. The number of hydrogen-bond donors (Lipinski definition) is 1. The van der Waals surface area contributed by atoms with Crippen LogP contribution in [-0.4, -0.2) is 25.1 Å². The van der Waals surface area contributed by atoms with E-state index in [2.05, 4.69) is 10.1 Å². The minimum absolute atomic E-state index is 0.304. The molecule has 0 radical (unpaired) electrons. The van der Waals surface area contributed by atoms with Gasteiger partial charge in [-0.25, -0.2) is 0 Å². The molecular weight excluding hydrogens is 210 g/mol. The molecule has 1 aromatic carbocycles. The van der Waals surface area contributed by atoms with Gasteiger partial charge < -0.3 is 20.0 Å². The number of carboxylic acids is 1. The first-order valence-electron chi connectivity index (χ1n) is 4.72. The molecule has 0 aromatic heterocycles. The Morgan fingerprint density at radius 2 is 1.88 bits per heavy atom. The average Bonchev–Trinajstić information content (AvgIpc) is 2.21. The number of aliphatic carboxylic acids is 1. The van der Waals surface area contributed by atoms with Crippen LogP contribution >= 0.6 is 0 Å². The fourth-order valence-corrected chi connectivity index (χ4v) is 1.06. The summed E-state index contributed by atoms with van der Waals surface area (Å²) in [6, 6.07) is 7.23. The molecule has 0 aliphatic heterocycles. The van der Waals surface area contributed by atoms with Crippen LogP contribution in [0.1, 0.15) is 5.56 Å². The van der Waals surface area contributed by atoms with Gasteiger partial charge in [0.15, 0.2) is 0 Å². The van der Waals surface area contributed by atoms with Crippen LogP contribution in [0.5, 0.6) is 0 Å². The van der Waals surface area contributed by atoms with Crippen LogP contribution < -0.4 is 10.4 Å². The number of carboxylic acid groups (broad SMARTS) is 1. The van der Waals surface area contributed by atoms with E-state index in [0.717, 1.165) is 5.56 Å². The maximum atomic E-state index is 11.2. The predicted molar refractivity (Wildman–Crippen MR) is 55.6 cm³/mol. The summed E-state index contributed by atoms with van der Waals surface area (Å²) in [7, 11) is 0. The van der Waals surface area contributed by atoms with E-state index >= 15 is 0 Å². The number of nitrogens with one attached hydrogen (secondary N) is 1. The Bertz CT molecular complexity index is 372. The number of amides is 1. The summed E-state index contributed by atoms with van der Waals surface area (Å²) < 4.78 is 4.58. The lowest BCUT2D eigenvalue weighted by atomic mass is 10.2. The number of aryl methyl sites for hydroxylation is 1. The molecule has 1 rings (SSSR count). The topological polar surface area (TPSA) is 78.5 Å². The van der Waals surface area contributed by atoms with Crippen molar-refractivity contribution in [3.8, 4) is 0 Å². The SMILES string of the molecule is Cc1ccc(NC(=O)COCC(=O)[O-])cc1. The number of rotatable bonds is 5. The molecule has 0 aliphatic rings. The molecule has 5 nitrogen and oxygen atoms in total. The first kappa shape index (κ1) is 12.2. The van der Waals surface area contributed by atoms with Crippen molar-refractivity contribution in [2.75, 3.05) is 18.5 Å². The number of carbonyl (C=O) groups is 2. The van der Waals surface area contributed by atoms with Crippen molar-refractivity contribution in [1.29, 1.82) is 0 Å². The third kappa shape index (κ3) is 4.56. The molecule has 0 saturated carbocycles. The molecule has 0 unspecified atom stereocenters. The van der Waals surface area contributed by atoms with Crippen LogP contribution in [0.15, 0.2) is 24.3 Å². The van der Waals surface area contributed by atoms with Crippen molar-refractivity contribution in [3.05, 3.63) is 29.8 Å². The Labute approximate surface area is 93.0 Å². The van der Waals surface area contributed by atoms with Crippen molar-refractivity contribution in [2.24, 2.45) is 0 Å². The van der Waals surface area contributed by atoms with E-state index in [1.807, 2.05) is 19.1 Å². The highest BCUT2D eigenvalue weighted by atomic mass is 16.5. The van der Waals surface area contributed by atoms with Gasteiger partial charge in [0.1, 0.15) is 6.61 Å². The molecule has 1 aromatic rings. The van der Waals surface area contributed by atoms with Crippen LogP contribution in [-0.2, 0) is 14.3 Å². The van der Waals surface area contributed by atoms with Gasteiger partial charge in [-0.1, -0.05) is 17.7 Å². The Hall–Kier alpha value is -1.88. The van der Waals surface area contributed by atoms with Crippen molar-refractivity contribution in [3.63, 3.8) is 0 Å². The van der Waals surface area contributed by atoms with Crippen molar-refractivity contribution in [2.45, 2.75) is 6.92 Å². The van der Waals surface area contributed by atoms with Crippen LogP contribution in [0.2, 0.25) is 0 Å². The van der Waals surface area contributed by atoms with Crippen LogP contribution in [0.4, 0.5) is 5.69 Å². The highest BCUT2D eigenvalue weighted by Gasteiger charge is 2.01. The van der Waals surface area contributed by atoms with E-state index in [-0.39, 0.29) is 6.61 Å². The molecule has 0 saturated heterocycles. The highest BCUT2D eigenvalue weighted by Crippen LogP contribution is 2.07. The third-order valence-electron chi connectivity index (χ3n) is 1.79. The lowest BCUT2D eigenvalue weighted by Gasteiger charge is -2.06. The summed E-state index contributed by atoms with van der Waals surface area (Å²) in [5.41, 5.74) is 1.74.